The standard InChI is InChI=1S/C22H25F2N3O4/c1-25-22(4-5-22)11-3-6-26(9-11)18-15(24)7-12-17(20(18)31-2)27(16-8-14(16)23)10-13(19(12)28)21(29)30/h7,10-11,14,16,25H,3-6,8-9H2,1-2H3,(H,29,30)/t11-,14?,16-/m1/s1. The Hall–Kier alpha value is -2.68. The van der Waals surface area contributed by atoms with Crippen molar-refractivity contribution in [2.45, 2.75) is 43.4 Å². The number of carboxylic acids is 1. The number of methoxy groups -OCH3 is 1. The van der Waals surface area contributed by atoms with Crippen LogP contribution in [0.3, 0.4) is 0 Å². The number of carbonyl (C=O) groups is 1. The fourth-order valence-corrected chi connectivity index (χ4v) is 5.20. The van der Waals surface area contributed by atoms with Crippen LogP contribution >= 0.6 is 0 Å². The topological polar surface area (TPSA) is 83.8 Å². The van der Waals surface area contributed by atoms with Gasteiger partial charge in [0.1, 0.15) is 17.4 Å². The van der Waals surface area contributed by atoms with Crippen LogP contribution < -0.4 is 20.4 Å². The average Bonchev–Trinajstić information content (AvgIpc) is 3.64. The number of hydrogen-bond acceptors (Lipinski definition) is 5. The molecule has 3 fully saturated rings. The number of rotatable bonds is 6. The van der Waals surface area contributed by atoms with E-state index in [1.165, 1.54) is 11.7 Å². The molecule has 2 saturated carbocycles. The Kier molecular flexibility index (Phi) is 4.51. The van der Waals surface area contributed by atoms with Gasteiger partial charge in [0, 0.05) is 31.2 Å². The number of halogens is 2. The van der Waals surface area contributed by atoms with E-state index in [2.05, 4.69) is 5.32 Å². The van der Waals surface area contributed by atoms with Crippen LogP contribution in [0.2, 0.25) is 0 Å². The van der Waals surface area contributed by atoms with Crippen molar-refractivity contribution < 1.29 is 23.4 Å². The van der Waals surface area contributed by atoms with Crippen LogP contribution in [0.25, 0.3) is 10.9 Å². The molecular formula is C22H25F2N3O4. The molecule has 0 radical (unpaired) electrons. The molecule has 0 amide bonds. The molecule has 2 aromatic rings. The maximum Gasteiger partial charge on any atom is 0.341 e. The largest absolute Gasteiger partial charge is 0.492 e. The van der Waals surface area contributed by atoms with Crippen molar-refractivity contribution in [1.29, 1.82) is 0 Å². The minimum absolute atomic E-state index is 0.100. The molecule has 2 N–H and O–H groups in total. The van der Waals surface area contributed by atoms with Crippen molar-refractivity contribution in [3.8, 4) is 5.75 Å². The van der Waals surface area contributed by atoms with E-state index in [1.54, 1.807) is 0 Å². The summed E-state index contributed by atoms with van der Waals surface area (Å²) >= 11 is 0. The highest BCUT2D eigenvalue weighted by molar-refractivity contribution is 5.97. The molecule has 2 aliphatic carbocycles. The second-order valence-corrected chi connectivity index (χ2v) is 8.88. The summed E-state index contributed by atoms with van der Waals surface area (Å²) in [5.74, 6) is -1.55. The molecule has 5 rings (SSSR count). The van der Waals surface area contributed by atoms with E-state index in [0.717, 1.165) is 31.5 Å². The molecule has 9 heteroatoms. The minimum atomic E-state index is -1.43. The van der Waals surface area contributed by atoms with Gasteiger partial charge in [0.15, 0.2) is 11.6 Å². The van der Waals surface area contributed by atoms with Crippen LogP contribution in [0.1, 0.15) is 42.1 Å². The van der Waals surface area contributed by atoms with Gasteiger partial charge in [-0.05, 0) is 38.3 Å². The van der Waals surface area contributed by atoms with E-state index in [4.69, 9.17) is 4.74 Å². The summed E-state index contributed by atoms with van der Waals surface area (Å²) < 4.78 is 36.4. The lowest BCUT2D eigenvalue weighted by molar-refractivity contribution is 0.0694. The summed E-state index contributed by atoms with van der Waals surface area (Å²) in [6.45, 7) is 1.28. The summed E-state index contributed by atoms with van der Waals surface area (Å²) in [7, 11) is 3.34. The normalized spacial score (nSPS) is 26.3. The summed E-state index contributed by atoms with van der Waals surface area (Å²) in [6.07, 6.45) is 3.32. The van der Waals surface area contributed by atoms with Gasteiger partial charge in [-0.2, -0.15) is 0 Å². The van der Waals surface area contributed by atoms with Gasteiger partial charge in [0.05, 0.1) is 24.1 Å². The first-order valence-corrected chi connectivity index (χ1v) is 10.6. The second-order valence-electron chi connectivity index (χ2n) is 8.88. The van der Waals surface area contributed by atoms with Crippen molar-refractivity contribution in [3.63, 3.8) is 0 Å². The Labute approximate surface area is 177 Å². The molecule has 0 bridgehead atoms. The summed E-state index contributed by atoms with van der Waals surface area (Å²) in [5.41, 5.74) is -0.714. The number of ether oxygens (including phenoxy) is 1. The molecule has 1 unspecified atom stereocenters. The van der Waals surface area contributed by atoms with Gasteiger partial charge in [-0.15, -0.1) is 0 Å². The molecule has 1 aromatic carbocycles. The Morgan fingerprint density at radius 1 is 1.39 bits per heavy atom. The number of benzene rings is 1. The molecular weight excluding hydrogens is 408 g/mol. The molecule has 2 heterocycles. The number of nitrogens with one attached hydrogen (secondary N) is 1. The Bertz CT molecular complexity index is 1140. The lowest BCUT2D eigenvalue weighted by Crippen LogP contribution is -2.37. The van der Waals surface area contributed by atoms with Crippen LogP contribution in [0.5, 0.6) is 5.75 Å². The number of pyridine rings is 1. The van der Waals surface area contributed by atoms with Crippen molar-refractivity contribution >= 4 is 22.6 Å². The van der Waals surface area contributed by atoms with Crippen molar-refractivity contribution in [1.82, 2.24) is 9.88 Å². The highest BCUT2D eigenvalue weighted by Gasteiger charge is 2.50. The maximum atomic E-state index is 15.4. The quantitative estimate of drug-likeness (QED) is 0.729. The number of anilines is 1. The highest BCUT2D eigenvalue weighted by Crippen LogP contribution is 2.49. The molecule has 7 nitrogen and oxygen atoms in total. The highest BCUT2D eigenvalue weighted by atomic mass is 19.1. The monoisotopic (exact) mass is 433 g/mol. The lowest BCUT2D eigenvalue weighted by atomic mass is 9.96. The average molecular weight is 433 g/mol. The van der Waals surface area contributed by atoms with E-state index in [-0.39, 0.29) is 34.3 Å². The number of nitrogens with zero attached hydrogens (tertiary/aromatic N) is 2. The Balaban J connectivity index is 1.69. The van der Waals surface area contributed by atoms with Crippen LogP contribution in [0.15, 0.2) is 17.1 Å². The van der Waals surface area contributed by atoms with Gasteiger partial charge >= 0.3 is 5.97 Å². The van der Waals surface area contributed by atoms with Gasteiger partial charge in [-0.3, -0.25) is 4.79 Å². The number of aromatic nitrogens is 1. The summed E-state index contributed by atoms with van der Waals surface area (Å²) in [4.78, 5) is 26.3. The number of carboxylic acid groups (broad SMARTS) is 1. The van der Waals surface area contributed by atoms with E-state index >= 15 is 4.39 Å². The lowest BCUT2D eigenvalue weighted by Gasteiger charge is -2.26. The molecule has 1 aromatic heterocycles. The van der Waals surface area contributed by atoms with Gasteiger partial charge in [-0.25, -0.2) is 13.6 Å². The number of fused-ring (bicyclic) bond motifs is 1. The van der Waals surface area contributed by atoms with Crippen molar-refractivity contribution in [3.05, 3.63) is 33.9 Å². The molecule has 166 valence electrons. The maximum absolute atomic E-state index is 15.4. The number of aromatic carboxylic acids is 1. The van der Waals surface area contributed by atoms with Gasteiger partial charge in [0.2, 0.25) is 5.43 Å². The third-order valence-electron chi connectivity index (χ3n) is 7.24. The second kappa shape index (κ2) is 6.91. The predicted molar refractivity (Wildman–Crippen MR) is 112 cm³/mol. The Morgan fingerprint density at radius 3 is 2.65 bits per heavy atom. The van der Waals surface area contributed by atoms with E-state index in [9.17, 15) is 19.1 Å². The predicted octanol–water partition coefficient (Wildman–Crippen LogP) is 2.71. The molecule has 1 saturated heterocycles. The first-order chi connectivity index (χ1) is 14.8. The first-order valence-electron chi connectivity index (χ1n) is 10.6. The smallest absolute Gasteiger partial charge is 0.341 e. The minimum Gasteiger partial charge on any atom is -0.492 e. The molecule has 0 spiro atoms. The zero-order valence-electron chi connectivity index (χ0n) is 17.5. The SMILES string of the molecule is CNC1([C@@H]2CCN(c3c(F)cc4c(=O)c(C(=O)O)cn([C@@H]5CC5F)c4c3OC)C2)CC1. The van der Waals surface area contributed by atoms with Gasteiger partial charge in [-0.1, -0.05) is 0 Å². The zero-order chi connectivity index (χ0) is 22.1. The summed E-state index contributed by atoms with van der Waals surface area (Å²) in [5, 5.41) is 12.7. The van der Waals surface area contributed by atoms with Crippen LogP contribution in [0, 0.1) is 11.7 Å². The molecule has 1 aliphatic heterocycles. The number of hydrogen-bond donors (Lipinski definition) is 2. The summed E-state index contributed by atoms with van der Waals surface area (Å²) in [6, 6.07) is 0.477. The van der Waals surface area contributed by atoms with E-state index in [0.29, 0.717) is 19.0 Å². The fourth-order valence-electron chi connectivity index (χ4n) is 5.20. The van der Waals surface area contributed by atoms with E-state index < -0.39 is 35.0 Å². The van der Waals surface area contributed by atoms with Crippen LogP contribution in [0.4, 0.5) is 14.5 Å². The third-order valence-corrected chi connectivity index (χ3v) is 7.24. The van der Waals surface area contributed by atoms with E-state index in [1.807, 2.05) is 11.9 Å². The Morgan fingerprint density at radius 2 is 2.10 bits per heavy atom. The van der Waals surface area contributed by atoms with Crippen molar-refractivity contribution in [2.24, 2.45) is 5.92 Å². The van der Waals surface area contributed by atoms with Gasteiger partial charge < -0.3 is 24.6 Å². The third kappa shape index (κ3) is 3.01. The molecule has 3 atom stereocenters. The fraction of sp³-hybridized carbons (Fsp3) is 0.545. The zero-order valence-corrected chi connectivity index (χ0v) is 17.5. The number of alkyl halides is 1. The molecule has 3 aliphatic rings. The van der Waals surface area contributed by atoms with Crippen LogP contribution in [-0.2, 0) is 0 Å². The van der Waals surface area contributed by atoms with Crippen LogP contribution in [-0.4, -0.2) is 54.6 Å². The first kappa shape index (κ1) is 20.2. The van der Waals surface area contributed by atoms with Gasteiger partial charge in [0.25, 0.3) is 0 Å². The van der Waals surface area contributed by atoms with Crippen molar-refractivity contribution in [2.75, 3.05) is 32.1 Å². The molecule has 31 heavy (non-hydrogen) atoms.